The molecule has 4 aliphatic rings. The van der Waals surface area contributed by atoms with Crippen molar-refractivity contribution in [1.29, 1.82) is 0 Å². The molecule has 5 aromatic carbocycles. The van der Waals surface area contributed by atoms with Crippen molar-refractivity contribution >= 4 is 52.6 Å². The molecule has 0 aromatic heterocycles. The number of hydrogen-bond donors (Lipinski definition) is 1. The molecule has 4 amide bonds. The second-order valence-corrected chi connectivity index (χ2v) is 15.7. The van der Waals surface area contributed by atoms with Crippen LogP contribution in [0.15, 0.2) is 139 Å². The van der Waals surface area contributed by atoms with Crippen LogP contribution in [0.25, 0.3) is 6.08 Å². The van der Waals surface area contributed by atoms with Crippen LogP contribution < -0.4 is 19.3 Å². The molecule has 3 fully saturated rings. The lowest BCUT2D eigenvalue weighted by molar-refractivity contribution is -0.126. The SMILES string of the molecule is COc1cc(C=CC2C3=CCC4C(=O)N(c5ccc(C(=O)c6ccccc6)cc5)C(=O)C4C3CC3C(=O)N(c4ccc(C(=O)c5ccccc5)cc4)C(=O)C23)cc(OC)c1O. The van der Waals surface area contributed by atoms with Crippen molar-refractivity contribution in [2.45, 2.75) is 12.8 Å². The van der Waals surface area contributed by atoms with Crippen LogP contribution in [0, 0.1) is 35.5 Å². The number of nitrogens with zero attached hydrogens (tertiary/aromatic N) is 2. The van der Waals surface area contributed by atoms with Crippen molar-refractivity contribution in [3.05, 3.63) is 167 Å². The summed E-state index contributed by atoms with van der Waals surface area (Å²) in [5.41, 5.74) is 3.92. The molecular formula is C50H40N2O9. The van der Waals surface area contributed by atoms with Crippen molar-refractivity contribution in [2.75, 3.05) is 24.0 Å². The number of allylic oxidation sites excluding steroid dienone is 3. The first-order valence-electron chi connectivity index (χ1n) is 20.1. The van der Waals surface area contributed by atoms with Gasteiger partial charge >= 0.3 is 0 Å². The fourth-order valence-electron chi connectivity index (χ4n) is 9.62. The highest BCUT2D eigenvalue weighted by molar-refractivity contribution is 6.24. The maximum atomic E-state index is 14.6. The number of ether oxygens (including phenoxy) is 2. The highest BCUT2D eigenvalue weighted by Gasteiger charge is 2.61. The Kier molecular flexibility index (Phi) is 10.0. The van der Waals surface area contributed by atoms with Crippen LogP contribution in [-0.4, -0.2) is 54.5 Å². The fourth-order valence-corrected chi connectivity index (χ4v) is 9.62. The van der Waals surface area contributed by atoms with Crippen LogP contribution in [0.5, 0.6) is 17.2 Å². The summed E-state index contributed by atoms with van der Waals surface area (Å²) in [4.78, 5) is 86.6. The molecule has 1 saturated carbocycles. The van der Waals surface area contributed by atoms with Crippen LogP contribution in [0.3, 0.4) is 0 Å². The topological polar surface area (TPSA) is 148 Å². The van der Waals surface area contributed by atoms with Crippen LogP contribution in [0.4, 0.5) is 11.4 Å². The van der Waals surface area contributed by atoms with Gasteiger partial charge in [-0.25, -0.2) is 0 Å². The number of benzene rings is 5. The van der Waals surface area contributed by atoms with Crippen molar-refractivity contribution < 1.29 is 43.3 Å². The van der Waals surface area contributed by atoms with Crippen molar-refractivity contribution in [3.63, 3.8) is 0 Å². The summed E-state index contributed by atoms with van der Waals surface area (Å²) in [6, 6.07) is 33.7. The van der Waals surface area contributed by atoms with Crippen molar-refractivity contribution in [1.82, 2.24) is 0 Å². The van der Waals surface area contributed by atoms with Crippen molar-refractivity contribution in [2.24, 2.45) is 35.5 Å². The monoisotopic (exact) mass is 812 g/mol. The van der Waals surface area contributed by atoms with Crippen LogP contribution in [-0.2, 0) is 19.2 Å². The van der Waals surface area contributed by atoms with Gasteiger partial charge in [0.05, 0.1) is 49.3 Å². The van der Waals surface area contributed by atoms with E-state index in [1.807, 2.05) is 24.3 Å². The highest BCUT2D eigenvalue weighted by atomic mass is 16.5. The van der Waals surface area contributed by atoms with Gasteiger partial charge in [-0.1, -0.05) is 84.5 Å². The van der Waals surface area contributed by atoms with E-state index in [0.717, 1.165) is 5.57 Å². The van der Waals surface area contributed by atoms with E-state index in [1.54, 1.807) is 115 Å². The Balaban J connectivity index is 1.06. The number of ketones is 2. The van der Waals surface area contributed by atoms with E-state index in [4.69, 9.17) is 9.47 Å². The number of anilines is 2. The molecule has 61 heavy (non-hydrogen) atoms. The molecule has 304 valence electrons. The lowest BCUT2D eigenvalue weighted by Gasteiger charge is -2.42. The van der Waals surface area contributed by atoms with Crippen LogP contribution >= 0.6 is 0 Å². The highest BCUT2D eigenvalue weighted by Crippen LogP contribution is 2.56. The lowest BCUT2D eigenvalue weighted by Crippen LogP contribution is -2.43. The van der Waals surface area contributed by atoms with E-state index < -0.39 is 53.2 Å². The predicted octanol–water partition coefficient (Wildman–Crippen LogP) is 7.46. The molecule has 0 bridgehead atoms. The Labute approximate surface area is 351 Å². The molecule has 11 nitrogen and oxygen atoms in total. The van der Waals surface area contributed by atoms with Gasteiger partial charge < -0.3 is 14.6 Å². The number of phenols is 1. The minimum atomic E-state index is -0.827. The summed E-state index contributed by atoms with van der Waals surface area (Å²) in [5.74, 6) is -6.07. The average molecular weight is 813 g/mol. The molecule has 2 heterocycles. The Morgan fingerprint density at radius 3 is 1.54 bits per heavy atom. The maximum Gasteiger partial charge on any atom is 0.238 e. The molecule has 11 heteroatoms. The number of rotatable bonds is 10. The van der Waals surface area contributed by atoms with E-state index >= 15 is 0 Å². The minimum Gasteiger partial charge on any atom is -0.502 e. The lowest BCUT2D eigenvalue weighted by atomic mass is 9.58. The van der Waals surface area contributed by atoms with Gasteiger partial charge in [0, 0.05) is 28.2 Å². The van der Waals surface area contributed by atoms with Gasteiger partial charge in [-0.05, 0) is 85.0 Å². The largest absolute Gasteiger partial charge is 0.502 e. The summed E-state index contributed by atoms with van der Waals surface area (Å²) in [7, 11) is 2.84. The molecule has 1 N–H and O–H groups in total. The molecule has 5 aromatic rings. The van der Waals surface area contributed by atoms with Gasteiger partial charge in [0.25, 0.3) is 0 Å². The van der Waals surface area contributed by atoms with E-state index in [-0.39, 0.29) is 47.6 Å². The molecule has 6 unspecified atom stereocenters. The summed E-state index contributed by atoms with van der Waals surface area (Å²) >= 11 is 0. The third-order valence-electron chi connectivity index (χ3n) is 12.5. The van der Waals surface area contributed by atoms with Crippen LogP contribution in [0.1, 0.15) is 50.2 Å². The number of carbonyl (C=O) groups excluding carboxylic acids is 6. The number of aromatic hydroxyl groups is 1. The first-order chi connectivity index (χ1) is 29.6. The van der Waals surface area contributed by atoms with Gasteiger partial charge in [-0.3, -0.25) is 38.6 Å². The van der Waals surface area contributed by atoms with Gasteiger partial charge in [-0.2, -0.15) is 0 Å². The predicted molar refractivity (Wildman–Crippen MR) is 226 cm³/mol. The summed E-state index contributed by atoms with van der Waals surface area (Å²) < 4.78 is 10.8. The van der Waals surface area contributed by atoms with E-state index in [1.165, 1.54) is 24.0 Å². The van der Waals surface area contributed by atoms with Gasteiger partial charge in [-0.15, -0.1) is 0 Å². The zero-order chi connectivity index (χ0) is 42.5. The zero-order valence-electron chi connectivity index (χ0n) is 33.3. The molecular weight excluding hydrogens is 773 g/mol. The minimum absolute atomic E-state index is 0.170. The smallest absolute Gasteiger partial charge is 0.238 e. The maximum absolute atomic E-state index is 14.6. The molecule has 9 rings (SSSR count). The number of carbonyl (C=O) groups is 6. The van der Waals surface area contributed by atoms with Gasteiger partial charge in [0.15, 0.2) is 23.1 Å². The number of methoxy groups -OCH3 is 2. The Morgan fingerprint density at radius 2 is 1.05 bits per heavy atom. The first-order valence-corrected chi connectivity index (χ1v) is 20.1. The third kappa shape index (κ3) is 6.62. The Bertz CT molecular complexity index is 2650. The van der Waals surface area contributed by atoms with E-state index in [0.29, 0.717) is 39.2 Å². The molecule has 2 aliphatic carbocycles. The summed E-state index contributed by atoms with van der Waals surface area (Å²) in [6.07, 6.45) is 6.01. The second-order valence-electron chi connectivity index (χ2n) is 15.7. The fraction of sp³-hybridized carbons (Fsp3) is 0.200. The van der Waals surface area contributed by atoms with E-state index in [9.17, 15) is 33.9 Å². The summed E-state index contributed by atoms with van der Waals surface area (Å²) in [6.45, 7) is 0. The summed E-state index contributed by atoms with van der Waals surface area (Å²) in [5, 5.41) is 10.6. The third-order valence-corrected chi connectivity index (χ3v) is 12.5. The average Bonchev–Trinajstić information content (AvgIpc) is 3.71. The zero-order valence-corrected chi connectivity index (χ0v) is 33.3. The number of hydrogen-bond acceptors (Lipinski definition) is 9. The Hall–Kier alpha value is -7.40. The normalized spacial score (nSPS) is 23.1. The first kappa shape index (κ1) is 39.1. The van der Waals surface area contributed by atoms with E-state index in [2.05, 4.69) is 0 Å². The van der Waals surface area contributed by atoms with Crippen LogP contribution in [0.2, 0.25) is 0 Å². The van der Waals surface area contributed by atoms with Gasteiger partial charge in [0.2, 0.25) is 29.4 Å². The molecule has 0 spiro atoms. The van der Waals surface area contributed by atoms with Gasteiger partial charge in [0.1, 0.15) is 0 Å². The Morgan fingerprint density at radius 1 is 0.590 bits per heavy atom. The molecule has 2 aliphatic heterocycles. The number of fused-ring (bicyclic) bond motifs is 4. The second kappa shape index (κ2) is 15.6. The number of phenolic OH excluding ortho intramolecular Hbond substituents is 1. The molecule has 6 atom stereocenters. The quantitative estimate of drug-likeness (QED) is 0.0862. The van der Waals surface area contributed by atoms with Crippen molar-refractivity contribution in [3.8, 4) is 17.2 Å². The molecule has 2 saturated heterocycles. The number of imide groups is 2. The molecule has 0 radical (unpaired) electrons. The number of amides is 4. The standard InChI is InChI=1S/C50H40N2O9/c1-60-40-25-28(26-41(61-2)46(40)55)13-22-36-35-23-24-37-43(50(59)51(47(37)56)33-18-14-31(15-19-33)44(53)29-9-5-3-6-10-29)38(35)27-39-42(36)49(58)52(48(39)57)34-20-16-32(17-21-34)45(54)30-11-7-4-8-12-30/h3-23,25-26,36-39,42-43,55H,24,27H2,1-2H3.